The van der Waals surface area contributed by atoms with Crippen LogP contribution >= 0.6 is 0 Å². The van der Waals surface area contributed by atoms with Gasteiger partial charge in [0.1, 0.15) is 6.61 Å². The van der Waals surface area contributed by atoms with Crippen LogP contribution in [-0.2, 0) is 14.3 Å². The van der Waals surface area contributed by atoms with Gasteiger partial charge in [0, 0.05) is 0 Å². The third-order valence-electron chi connectivity index (χ3n) is 4.80. The Balaban J connectivity index is 2.74. The Hall–Kier alpha value is -2.26. The molecule has 0 aliphatic carbocycles. The summed E-state index contributed by atoms with van der Waals surface area (Å²) < 4.78 is 83.5. The first-order valence-corrected chi connectivity index (χ1v) is 10.1. The second kappa shape index (κ2) is 11.0. The molecular weight excluding hydrogens is 442 g/mol. The van der Waals surface area contributed by atoms with E-state index in [2.05, 4.69) is 32.4 Å². The molecule has 0 radical (unpaired) electrons. The van der Waals surface area contributed by atoms with Crippen LogP contribution in [0.5, 0.6) is 0 Å². The number of hydrogen-bond donors (Lipinski definition) is 0. The van der Waals surface area contributed by atoms with Gasteiger partial charge in [-0.25, -0.2) is 4.79 Å². The van der Waals surface area contributed by atoms with Crippen molar-refractivity contribution in [3.63, 3.8) is 0 Å². The minimum absolute atomic E-state index is 0.143. The molecule has 0 N–H and O–H groups in total. The van der Waals surface area contributed by atoms with Crippen molar-refractivity contribution in [3.05, 3.63) is 35.4 Å². The molecule has 32 heavy (non-hydrogen) atoms. The maximum atomic E-state index is 12.5. The maximum absolute atomic E-state index is 12.5. The molecular formula is C22H28F6O4. The van der Waals surface area contributed by atoms with Gasteiger partial charge in [-0.05, 0) is 48.8 Å². The van der Waals surface area contributed by atoms with Crippen molar-refractivity contribution in [1.82, 2.24) is 0 Å². The zero-order valence-corrected chi connectivity index (χ0v) is 18.5. The fraction of sp³-hybridized carbons (Fsp3) is 0.636. The van der Waals surface area contributed by atoms with E-state index in [0.717, 1.165) is 18.9 Å². The predicted octanol–water partition coefficient (Wildman–Crippen LogP) is 6.30. The van der Waals surface area contributed by atoms with Crippen LogP contribution in [0, 0.1) is 17.8 Å². The summed E-state index contributed by atoms with van der Waals surface area (Å²) >= 11 is 0. The van der Waals surface area contributed by atoms with Gasteiger partial charge in [-0.3, -0.25) is 4.79 Å². The molecule has 0 saturated carbocycles. The predicted molar refractivity (Wildman–Crippen MR) is 105 cm³/mol. The minimum atomic E-state index is -5.81. The van der Waals surface area contributed by atoms with Crippen LogP contribution in [0.3, 0.4) is 0 Å². The van der Waals surface area contributed by atoms with Crippen LogP contribution in [0.4, 0.5) is 26.3 Å². The number of ether oxygens (including phenoxy) is 2. The summed E-state index contributed by atoms with van der Waals surface area (Å²) in [6.45, 7) is 8.68. The average molecular weight is 470 g/mol. The van der Waals surface area contributed by atoms with Crippen molar-refractivity contribution in [1.29, 1.82) is 0 Å². The van der Waals surface area contributed by atoms with E-state index in [1.807, 2.05) is 0 Å². The van der Waals surface area contributed by atoms with Crippen molar-refractivity contribution in [3.8, 4) is 0 Å². The Morgan fingerprint density at radius 1 is 0.875 bits per heavy atom. The lowest BCUT2D eigenvalue weighted by molar-refractivity contribution is -0.314. The zero-order chi connectivity index (χ0) is 24.9. The second-order valence-electron chi connectivity index (χ2n) is 8.50. The summed E-state index contributed by atoms with van der Waals surface area (Å²) in [6, 6.07) is 6.61. The fourth-order valence-electron chi connectivity index (χ4n) is 3.07. The Kier molecular flexibility index (Phi) is 9.59. The van der Waals surface area contributed by atoms with E-state index in [4.69, 9.17) is 4.74 Å². The molecule has 0 aliphatic rings. The lowest BCUT2D eigenvalue weighted by Crippen LogP contribution is -2.46. The Morgan fingerprint density at radius 3 is 1.78 bits per heavy atom. The van der Waals surface area contributed by atoms with Crippen molar-refractivity contribution in [2.75, 3.05) is 6.61 Å². The van der Waals surface area contributed by atoms with Crippen molar-refractivity contribution < 1.29 is 45.4 Å². The van der Waals surface area contributed by atoms with Gasteiger partial charge in [0.05, 0.1) is 11.5 Å². The highest BCUT2D eigenvalue weighted by molar-refractivity contribution is 5.89. The molecule has 0 amide bonds. The fourth-order valence-corrected chi connectivity index (χ4v) is 3.07. The minimum Gasteiger partial charge on any atom is -0.461 e. The topological polar surface area (TPSA) is 52.6 Å². The number of halogens is 6. The van der Waals surface area contributed by atoms with E-state index in [1.165, 1.54) is 12.1 Å². The van der Waals surface area contributed by atoms with Crippen LogP contribution < -0.4 is 0 Å². The molecule has 0 bridgehead atoms. The number of carbonyl (C=O) groups is 2. The number of benzene rings is 1. The van der Waals surface area contributed by atoms with Crippen molar-refractivity contribution in [2.45, 2.75) is 65.4 Å². The third-order valence-corrected chi connectivity index (χ3v) is 4.80. The number of carbonyl (C=O) groups excluding carboxylic acids is 2. The van der Waals surface area contributed by atoms with Gasteiger partial charge in [0.25, 0.3) is 6.10 Å². The molecule has 1 aromatic rings. The Labute approximate surface area is 183 Å². The first-order chi connectivity index (χ1) is 14.5. The van der Waals surface area contributed by atoms with E-state index in [-0.39, 0.29) is 11.5 Å². The summed E-state index contributed by atoms with van der Waals surface area (Å²) in [7, 11) is 0. The maximum Gasteiger partial charge on any atom is 0.434 e. The Morgan fingerprint density at radius 2 is 1.38 bits per heavy atom. The number of alkyl halides is 6. The molecule has 0 aliphatic heterocycles. The first kappa shape index (κ1) is 27.8. The lowest BCUT2D eigenvalue weighted by Gasteiger charge is -2.24. The van der Waals surface area contributed by atoms with Crippen molar-refractivity contribution >= 4 is 11.9 Å². The van der Waals surface area contributed by atoms with Gasteiger partial charge in [0.15, 0.2) is 0 Å². The van der Waals surface area contributed by atoms with Crippen LogP contribution in [-0.4, -0.2) is 37.0 Å². The molecule has 10 heteroatoms. The molecule has 2 atom stereocenters. The highest BCUT2D eigenvalue weighted by atomic mass is 19.4. The van der Waals surface area contributed by atoms with Crippen molar-refractivity contribution in [2.24, 2.45) is 17.8 Å². The van der Waals surface area contributed by atoms with E-state index in [1.54, 1.807) is 12.1 Å². The zero-order valence-electron chi connectivity index (χ0n) is 18.5. The molecule has 0 fully saturated rings. The average Bonchev–Trinajstić information content (AvgIpc) is 2.65. The number of hydrogen-bond acceptors (Lipinski definition) is 4. The van der Waals surface area contributed by atoms with Crippen LogP contribution in [0.15, 0.2) is 24.3 Å². The van der Waals surface area contributed by atoms with Gasteiger partial charge in [0.2, 0.25) is 0 Å². The molecule has 0 spiro atoms. The SMILES string of the molecule is CC(C)CC(c1ccc(C(=O)OCC(C)C(=O)OC(C(F)(F)F)C(F)(F)F)cc1)C(C)C. The standard InChI is InChI=1S/C22H28F6O4/c1-12(2)10-17(13(3)4)15-6-8-16(9-7-15)19(30)31-11-14(5)18(29)32-20(21(23,24)25)22(26,27)28/h6-9,12-14,17,20H,10-11H2,1-5H3. The molecule has 2 unspecified atom stereocenters. The third kappa shape index (κ3) is 8.35. The first-order valence-electron chi connectivity index (χ1n) is 10.1. The molecule has 0 aromatic heterocycles. The smallest absolute Gasteiger partial charge is 0.434 e. The quantitative estimate of drug-likeness (QED) is 0.314. The van der Waals surface area contributed by atoms with Gasteiger partial charge >= 0.3 is 24.3 Å². The summed E-state index contributed by atoms with van der Waals surface area (Å²) in [5.74, 6) is -3.03. The van der Waals surface area contributed by atoms with Gasteiger partial charge in [-0.1, -0.05) is 39.8 Å². The van der Waals surface area contributed by atoms with Crippen LogP contribution in [0.25, 0.3) is 0 Å². The highest BCUT2D eigenvalue weighted by Gasteiger charge is 2.60. The van der Waals surface area contributed by atoms with E-state index in [0.29, 0.717) is 11.8 Å². The van der Waals surface area contributed by atoms with E-state index >= 15 is 0 Å². The molecule has 0 saturated heterocycles. The highest BCUT2D eigenvalue weighted by Crippen LogP contribution is 2.36. The largest absolute Gasteiger partial charge is 0.461 e. The van der Waals surface area contributed by atoms with E-state index < -0.39 is 42.9 Å². The van der Waals surface area contributed by atoms with E-state index in [9.17, 15) is 35.9 Å². The van der Waals surface area contributed by atoms with Gasteiger partial charge in [-0.15, -0.1) is 0 Å². The normalized spacial score (nSPS) is 14.6. The van der Waals surface area contributed by atoms with Crippen LogP contribution in [0.2, 0.25) is 0 Å². The summed E-state index contributed by atoms with van der Waals surface area (Å²) in [6.07, 6.45) is -14.9. The number of esters is 2. The van der Waals surface area contributed by atoms with Gasteiger partial charge < -0.3 is 9.47 Å². The summed E-state index contributed by atoms with van der Waals surface area (Å²) in [4.78, 5) is 23.8. The summed E-state index contributed by atoms with van der Waals surface area (Å²) in [5, 5.41) is 0. The number of rotatable bonds is 9. The molecule has 4 nitrogen and oxygen atoms in total. The molecule has 0 heterocycles. The van der Waals surface area contributed by atoms with Gasteiger partial charge in [-0.2, -0.15) is 26.3 Å². The summed E-state index contributed by atoms with van der Waals surface area (Å²) in [5.41, 5.74) is 1.18. The van der Waals surface area contributed by atoms with Crippen LogP contribution in [0.1, 0.15) is 62.9 Å². The molecule has 1 aromatic carbocycles. The molecule has 182 valence electrons. The lowest BCUT2D eigenvalue weighted by atomic mass is 9.82. The molecule has 1 rings (SSSR count). The second-order valence-corrected chi connectivity index (χ2v) is 8.50. The monoisotopic (exact) mass is 470 g/mol. The Bertz CT molecular complexity index is 739.